The normalized spacial score (nSPS) is 10.8. The Morgan fingerprint density at radius 2 is 1.75 bits per heavy atom. The summed E-state index contributed by atoms with van der Waals surface area (Å²) in [6.07, 6.45) is 2.07. The minimum atomic E-state index is 1.08. The first-order valence-electron chi connectivity index (χ1n) is 5.35. The maximum atomic E-state index is 4.60. The highest BCUT2D eigenvalue weighted by Gasteiger charge is 2.03. The molecule has 16 heavy (non-hydrogen) atoms. The summed E-state index contributed by atoms with van der Waals surface area (Å²) < 4.78 is 1.93. The van der Waals surface area contributed by atoms with Gasteiger partial charge in [0.15, 0.2) is 0 Å². The van der Waals surface area contributed by atoms with Crippen LogP contribution in [-0.2, 0) is 0 Å². The van der Waals surface area contributed by atoms with Crippen LogP contribution in [0.2, 0.25) is 0 Å². The lowest BCUT2D eigenvalue weighted by atomic mass is 10.2. The Morgan fingerprint density at radius 3 is 2.50 bits per heavy atom. The zero-order valence-electron chi connectivity index (χ0n) is 9.09. The molecule has 0 aliphatic rings. The van der Waals surface area contributed by atoms with Gasteiger partial charge >= 0.3 is 0 Å². The van der Waals surface area contributed by atoms with E-state index in [1.165, 1.54) is 10.9 Å². The molecule has 0 radical (unpaired) electrons. The number of hydrogen-bond donors (Lipinski definition) is 0. The van der Waals surface area contributed by atoms with E-state index in [1.807, 2.05) is 22.9 Å². The van der Waals surface area contributed by atoms with E-state index in [2.05, 4.69) is 48.6 Å². The Bertz CT molecular complexity index is 624. The molecule has 2 nitrogen and oxygen atoms in total. The van der Waals surface area contributed by atoms with Gasteiger partial charge in [-0.05, 0) is 24.6 Å². The van der Waals surface area contributed by atoms with E-state index in [0.29, 0.717) is 0 Å². The van der Waals surface area contributed by atoms with E-state index in [4.69, 9.17) is 0 Å². The van der Waals surface area contributed by atoms with Gasteiger partial charge in [0.25, 0.3) is 0 Å². The predicted octanol–water partition coefficient (Wildman–Crippen LogP) is 3.33. The lowest BCUT2D eigenvalue weighted by molar-refractivity contribution is 0.895. The third-order valence-corrected chi connectivity index (χ3v) is 2.76. The van der Waals surface area contributed by atoms with Crippen molar-refractivity contribution in [1.82, 2.24) is 9.78 Å². The van der Waals surface area contributed by atoms with Crippen LogP contribution in [0, 0.1) is 6.92 Å². The molecular weight excluding hydrogens is 196 g/mol. The number of fused-ring (bicyclic) bond motifs is 1. The average Bonchev–Trinajstić information content (AvgIpc) is 2.76. The van der Waals surface area contributed by atoms with Crippen LogP contribution in [0.3, 0.4) is 0 Å². The van der Waals surface area contributed by atoms with Crippen molar-refractivity contribution in [3.05, 3.63) is 60.3 Å². The van der Waals surface area contributed by atoms with Gasteiger partial charge in [-0.25, -0.2) is 4.68 Å². The molecule has 2 aromatic carbocycles. The molecule has 0 bridgehead atoms. The van der Waals surface area contributed by atoms with Crippen LogP contribution >= 0.6 is 0 Å². The zero-order chi connectivity index (χ0) is 11.0. The molecule has 0 unspecified atom stereocenters. The fourth-order valence-electron chi connectivity index (χ4n) is 1.90. The predicted molar refractivity (Wildman–Crippen MR) is 65.8 cm³/mol. The molecule has 1 heterocycles. The van der Waals surface area contributed by atoms with E-state index in [-0.39, 0.29) is 0 Å². The van der Waals surface area contributed by atoms with Crippen LogP contribution in [0.4, 0.5) is 0 Å². The number of hydrogen-bond acceptors (Lipinski definition) is 1. The second kappa shape index (κ2) is 3.49. The minimum absolute atomic E-state index is 1.08. The molecule has 0 saturated heterocycles. The smallest absolute Gasteiger partial charge is 0.0956 e. The minimum Gasteiger partial charge on any atom is -0.240 e. The molecule has 0 atom stereocenters. The summed E-state index contributed by atoms with van der Waals surface area (Å²) in [5, 5.41) is 5.78. The second-order valence-corrected chi connectivity index (χ2v) is 3.92. The van der Waals surface area contributed by atoms with Crippen molar-refractivity contribution in [3.63, 3.8) is 0 Å². The Labute approximate surface area is 94.1 Å². The van der Waals surface area contributed by atoms with Gasteiger partial charge in [-0.2, -0.15) is 5.10 Å². The third kappa shape index (κ3) is 1.39. The van der Waals surface area contributed by atoms with Crippen molar-refractivity contribution in [1.29, 1.82) is 0 Å². The molecule has 0 fully saturated rings. The molecule has 0 N–H and O–H groups in total. The van der Waals surface area contributed by atoms with Crippen LogP contribution in [0.1, 0.15) is 5.56 Å². The van der Waals surface area contributed by atoms with Crippen molar-refractivity contribution < 1.29 is 0 Å². The van der Waals surface area contributed by atoms with Crippen LogP contribution in [0.15, 0.2) is 54.7 Å². The van der Waals surface area contributed by atoms with Crippen molar-refractivity contribution in [2.24, 2.45) is 0 Å². The molecule has 0 aliphatic heterocycles. The molecule has 0 saturated carbocycles. The monoisotopic (exact) mass is 208 g/mol. The van der Waals surface area contributed by atoms with Crippen molar-refractivity contribution >= 4 is 10.9 Å². The lowest BCUT2D eigenvalue weighted by Crippen LogP contribution is -1.93. The van der Waals surface area contributed by atoms with Gasteiger partial charge < -0.3 is 0 Å². The summed E-state index contributed by atoms with van der Waals surface area (Å²) >= 11 is 0. The summed E-state index contributed by atoms with van der Waals surface area (Å²) in [7, 11) is 0. The maximum absolute atomic E-state index is 4.60. The standard InChI is InChI=1S/C14H12N2/c1-11-6-5-7-12-10-16(15-14(11)12)13-8-3-2-4-9-13/h2-10H,1H3. The first kappa shape index (κ1) is 9.16. The van der Waals surface area contributed by atoms with Gasteiger partial charge in [-0.1, -0.05) is 36.4 Å². The quantitative estimate of drug-likeness (QED) is 0.599. The van der Waals surface area contributed by atoms with Gasteiger partial charge in [0, 0.05) is 11.6 Å². The molecule has 0 amide bonds. The SMILES string of the molecule is Cc1cccc2cn(-c3ccccc3)nc12. The van der Waals surface area contributed by atoms with Crippen LogP contribution in [-0.4, -0.2) is 9.78 Å². The number of aromatic nitrogens is 2. The summed E-state index contributed by atoms with van der Waals surface area (Å²) in [6, 6.07) is 16.4. The van der Waals surface area contributed by atoms with Gasteiger partial charge in [-0.15, -0.1) is 0 Å². The summed E-state index contributed by atoms with van der Waals surface area (Å²) in [6.45, 7) is 2.09. The van der Waals surface area contributed by atoms with Gasteiger partial charge in [0.1, 0.15) is 0 Å². The highest BCUT2D eigenvalue weighted by atomic mass is 15.3. The van der Waals surface area contributed by atoms with E-state index in [0.717, 1.165) is 11.2 Å². The summed E-state index contributed by atoms with van der Waals surface area (Å²) in [5.74, 6) is 0. The average molecular weight is 208 g/mol. The van der Waals surface area contributed by atoms with Crippen LogP contribution in [0.25, 0.3) is 16.6 Å². The van der Waals surface area contributed by atoms with Crippen LogP contribution < -0.4 is 0 Å². The molecule has 78 valence electrons. The topological polar surface area (TPSA) is 17.8 Å². The Balaban J connectivity index is 2.23. The second-order valence-electron chi connectivity index (χ2n) is 3.92. The van der Waals surface area contributed by atoms with Crippen molar-refractivity contribution in [2.75, 3.05) is 0 Å². The number of rotatable bonds is 1. The third-order valence-electron chi connectivity index (χ3n) is 2.76. The zero-order valence-corrected chi connectivity index (χ0v) is 9.09. The number of para-hydroxylation sites is 1. The number of aryl methyl sites for hydroxylation is 1. The molecular formula is C14H12N2. The largest absolute Gasteiger partial charge is 0.240 e. The van der Waals surface area contributed by atoms with Gasteiger partial charge in [-0.3, -0.25) is 0 Å². The summed E-state index contributed by atoms with van der Waals surface area (Å²) in [5.41, 5.74) is 3.39. The number of benzene rings is 2. The lowest BCUT2D eigenvalue weighted by Gasteiger charge is -1.98. The van der Waals surface area contributed by atoms with Gasteiger partial charge in [0.2, 0.25) is 0 Å². The fourth-order valence-corrected chi connectivity index (χ4v) is 1.90. The van der Waals surface area contributed by atoms with Crippen molar-refractivity contribution in [3.8, 4) is 5.69 Å². The maximum Gasteiger partial charge on any atom is 0.0956 e. The Kier molecular flexibility index (Phi) is 2.00. The first-order chi connectivity index (χ1) is 7.84. The fraction of sp³-hybridized carbons (Fsp3) is 0.0714. The van der Waals surface area contributed by atoms with E-state index in [1.54, 1.807) is 0 Å². The first-order valence-corrected chi connectivity index (χ1v) is 5.35. The Morgan fingerprint density at radius 1 is 0.938 bits per heavy atom. The van der Waals surface area contributed by atoms with E-state index in [9.17, 15) is 0 Å². The van der Waals surface area contributed by atoms with E-state index < -0.39 is 0 Å². The van der Waals surface area contributed by atoms with Crippen LogP contribution in [0.5, 0.6) is 0 Å². The van der Waals surface area contributed by atoms with Gasteiger partial charge in [0.05, 0.1) is 11.2 Å². The Hall–Kier alpha value is -2.09. The highest BCUT2D eigenvalue weighted by Crippen LogP contribution is 2.18. The summed E-state index contributed by atoms with van der Waals surface area (Å²) in [4.78, 5) is 0. The molecule has 1 aromatic heterocycles. The number of nitrogens with zero attached hydrogens (tertiary/aromatic N) is 2. The highest BCUT2D eigenvalue weighted by molar-refractivity contribution is 5.81. The molecule has 0 aliphatic carbocycles. The molecule has 0 spiro atoms. The van der Waals surface area contributed by atoms with Crippen molar-refractivity contribution in [2.45, 2.75) is 6.92 Å². The van der Waals surface area contributed by atoms with E-state index >= 15 is 0 Å². The molecule has 3 rings (SSSR count). The molecule has 2 heteroatoms. The molecule has 3 aromatic rings.